The van der Waals surface area contributed by atoms with Gasteiger partial charge in [0.05, 0.1) is 6.61 Å². The van der Waals surface area contributed by atoms with Gasteiger partial charge in [0.1, 0.15) is 11.3 Å². The van der Waals surface area contributed by atoms with Crippen LogP contribution in [0.2, 0.25) is 0 Å². The Balaban J connectivity index is 1.93. The molecule has 1 aliphatic rings. The van der Waals surface area contributed by atoms with Gasteiger partial charge in [0, 0.05) is 38.4 Å². The molecule has 0 amide bonds. The number of pyridine rings is 1. The summed E-state index contributed by atoms with van der Waals surface area (Å²) >= 11 is 0. The molecule has 0 N–H and O–H groups in total. The van der Waals surface area contributed by atoms with Crippen LogP contribution in [0.1, 0.15) is 32.0 Å². The first-order valence-electron chi connectivity index (χ1n) is 7.75. The van der Waals surface area contributed by atoms with E-state index in [-0.39, 0.29) is 0 Å². The average Bonchev–Trinajstić information content (AvgIpc) is 3.09. The lowest BCUT2D eigenvalue weighted by Crippen LogP contribution is -2.28. The van der Waals surface area contributed by atoms with Crippen molar-refractivity contribution in [3.63, 3.8) is 0 Å². The highest BCUT2D eigenvalue weighted by Gasteiger charge is 2.29. The van der Waals surface area contributed by atoms with Crippen LogP contribution < -0.4 is 0 Å². The number of hydrogen-bond donors (Lipinski definition) is 0. The zero-order valence-electron chi connectivity index (χ0n) is 13.1. The van der Waals surface area contributed by atoms with Crippen molar-refractivity contribution in [2.24, 2.45) is 0 Å². The minimum atomic E-state index is 0.499. The summed E-state index contributed by atoms with van der Waals surface area (Å²) in [4.78, 5) is 11.9. The minimum absolute atomic E-state index is 0.499. The zero-order valence-corrected chi connectivity index (χ0v) is 13.1. The molecule has 2 aromatic heterocycles. The van der Waals surface area contributed by atoms with Crippen LogP contribution in [0.4, 0.5) is 0 Å². The van der Waals surface area contributed by atoms with Gasteiger partial charge in [-0.3, -0.25) is 0 Å². The van der Waals surface area contributed by atoms with Crippen molar-refractivity contribution in [2.45, 2.75) is 38.8 Å². The maximum atomic E-state index is 5.25. The number of rotatable bonds is 5. The van der Waals surface area contributed by atoms with E-state index in [1.165, 1.54) is 12.2 Å². The Morgan fingerprint density at radius 3 is 3.00 bits per heavy atom. The Bertz CT molecular complexity index is 607. The number of nitrogens with zero attached hydrogens (tertiary/aromatic N) is 4. The van der Waals surface area contributed by atoms with Crippen molar-refractivity contribution in [2.75, 3.05) is 26.8 Å². The van der Waals surface area contributed by atoms with Crippen molar-refractivity contribution in [1.29, 1.82) is 0 Å². The molecule has 3 rings (SSSR count). The van der Waals surface area contributed by atoms with Gasteiger partial charge >= 0.3 is 0 Å². The summed E-state index contributed by atoms with van der Waals surface area (Å²) < 4.78 is 7.50. The Morgan fingerprint density at radius 1 is 1.43 bits per heavy atom. The third-order valence-corrected chi connectivity index (χ3v) is 4.37. The van der Waals surface area contributed by atoms with Gasteiger partial charge < -0.3 is 14.2 Å². The van der Waals surface area contributed by atoms with E-state index in [4.69, 9.17) is 9.72 Å². The highest BCUT2D eigenvalue weighted by atomic mass is 16.5. The van der Waals surface area contributed by atoms with Crippen LogP contribution in [0, 0.1) is 0 Å². The van der Waals surface area contributed by atoms with Crippen molar-refractivity contribution in [3.8, 4) is 0 Å². The average molecular weight is 288 g/mol. The molecule has 0 aliphatic carbocycles. The summed E-state index contributed by atoms with van der Waals surface area (Å²) in [6.07, 6.45) is 3.01. The zero-order chi connectivity index (χ0) is 14.8. The van der Waals surface area contributed by atoms with Gasteiger partial charge in [-0.15, -0.1) is 0 Å². The predicted molar refractivity (Wildman–Crippen MR) is 83.5 cm³/mol. The Morgan fingerprint density at radius 2 is 2.29 bits per heavy atom. The molecule has 1 atom stereocenters. The van der Waals surface area contributed by atoms with Crippen LogP contribution in [0.25, 0.3) is 11.2 Å². The normalized spacial score (nSPS) is 19.9. The second kappa shape index (κ2) is 6.12. The van der Waals surface area contributed by atoms with E-state index >= 15 is 0 Å². The lowest BCUT2D eigenvalue weighted by Gasteiger charge is -2.20. The first-order chi connectivity index (χ1) is 10.2. The SMILES string of the molecule is COCCn1c(C2CCN(C(C)C)C2)nc2cccnc21. The molecule has 21 heavy (non-hydrogen) atoms. The molecular weight excluding hydrogens is 264 g/mol. The molecule has 1 saturated heterocycles. The van der Waals surface area contributed by atoms with Crippen molar-refractivity contribution < 1.29 is 4.74 Å². The predicted octanol–water partition coefficient (Wildman–Crippen LogP) is 2.28. The third kappa shape index (κ3) is 2.80. The number of likely N-dealkylation sites (tertiary alicyclic amines) is 1. The van der Waals surface area contributed by atoms with E-state index in [0.29, 0.717) is 18.6 Å². The van der Waals surface area contributed by atoms with Crippen molar-refractivity contribution >= 4 is 11.2 Å². The van der Waals surface area contributed by atoms with Crippen LogP contribution >= 0.6 is 0 Å². The van der Waals surface area contributed by atoms with Gasteiger partial charge in [-0.25, -0.2) is 9.97 Å². The molecule has 1 fully saturated rings. The van der Waals surface area contributed by atoms with Crippen molar-refractivity contribution in [1.82, 2.24) is 19.4 Å². The minimum Gasteiger partial charge on any atom is -0.383 e. The first kappa shape index (κ1) is 14.5. The number of methoxy groups -OCH3 is 1. The van der Waals surface area contributed by atoms with Gasteiger partial charge in [0.2, 0.25) is 0 Å². The molecule has 0 spiro atoms. The van der Waals surface area contributed by atoms with Gasteiger partial charge in [-0.05, 0) is 38.9 Å². The topological polar surface area (TPSA) is 43.2 Å². The van der Waals surface area contributed by atoms with Crippen LogP contribution in [-0.4, -0.2) is 52.3 Å². The van der Waals surface area contributed by atoms with E-state index < -0.39 is 0 Å². The van der Waals surface area contributed by atoms with Gasteiger partial charge in [0.15, 0.2) is 5.65 Å². The lowest BCUT2D eigenvalue weighted by molar-refractivity contribution is 0.186. The second-order valence-corrected chi connectivity index (χ2v) is 6.03. The first-order valence-corrected chi connectivity index (χ1v) is 7.75. The molecule has 3 heterocycles. The lowest BCUT2D eigenvalue weighted by atomic mass is 10.1. The highest BCUT2D eigenvalue weighted by Crippen LogP contribution is 2.29. The number of fused-ring (bicyclic) bond motifs is 1. The molecule has 0 saturated carbocycles. The Hall–Kier alpha value is -1.46. The summed E-state index contributed by atoms with van der Waals surface area (Å²) in [5.74, 6) is 1.67. The summed E-state index contributed by atoms with van der Waals surface area (Å²) in [7, 11) is 1.74. The molecule has 0 aromatic carbocycles. The molecule has 5 heteroatoms. The number of imidazole rings is 1. The third-order valence-electron chi connectivity index (χ3n) is 4.37. The van der Waals surface area contributed by atoms with Gasteiger partial charge in [0.25, 0.3) is 0 Å². The maximum absolute atomic E-state index is 5.25. The quantitative estimate of drug-likeness (QED) is 0.846. The van der Waals surface area contributed by atoms with Crippen LogP contribution in [0.3, 0.4) is 0 Å². The molecule has 1 aliphatic heterocycles. The molecular formula is C16H24N4O. The number of ether oxygens (including phenoxy) is 1. The van der Waals surface area contributed by atoms with Crippen LogP contribution in [0.5, 0.6) is 0 Å². The number of hydrogen-bond acceptors (Lipinski definition) is 4. The number of aromatic nitrogens is 3. The van der Waals surface area contributed by atoms with E-state index in [2.05, 4.69) is 28.3 Å². The molecule has 114 valence electrons. The smallest absolute Gasteiger partial charge is 0.160 e. The summed E-state index contributed by atoms with van der Waals surface area (Å²) in [5.41, 5.74) is 1.97. The fourth-order valence-electron chi connectivity index (χ4n) is 3.16. The fourth-order valence-corrected chi connectivity index (χ4v) is 3.16. The standard InChI is InChI=1S/C16H24N4O/c1-12(2)19-8-6-13(11-19)15-18-14-5-4-7-17-16(14)20(15)9-10-21-3/h4-5,7,12-13H,6,8-11H2,1-3H3. The largest absolute Gasteiger partial charge is 0.383 e. The van der Waals surface area contributed by atoms with E-state index in [1.54, 1.807) is 7.11 Å². The van der Waals surface area contributed by atoms with E-state index in [9.17, 15) is 0 Å². The molecule has 0 radical (unpaired) electrons. The highest BCUT2D eigenvalue weighted by molar-refractivity contribution is 5.71. The van der Waals surface area contributed by atoms with Crippen LogP contribution in [0.15, 0.2) is 18.3 Å². The molecule has 2 aromatic rings. The molecule has 0 bridgehead atoms. The van der Waals surface area contributed by atoms with Crippen LogP contribution in [-0.2, 0) is 11.3 Å². The summed E-state index contributed by atoms with van der Waals surface area (Å²) in [6, 6.07) is 4.60. The van der Waals surface area contributed by atoms with Crippen molar-refractivity contribution in [3.05, 3.63) is 24.2 Å². The monoisotopic (exact) mass is 288 g/mol. The second-order valence-electron chi connectivity index (χ2n) is 6.03. The van der Waals surface area contributed by atoms with Gasteiger partial charge in [-0.1, -0.05) is 0 Å². The molecule has 5 nitrogen and oxygen atoms in total. The van der Waals surface area contributed by atoms with Gasteiger partial charge in [-0.2, -0.15) is 0 Å². The summed E-state index contributed by atoms with van der Waals surface area (Å²) in [6.45, 7) is 8.28. The van der Waals surface area contributed by atoms with E-state index in [0.717, 1.165) is 30.8 Å². The Kier molecular flexibility index (Phi) is 4.22. The maximum Gasteiger partial charge on any atom is 0.160 e. The molecule has 1 unspecified atom stereocenters. The summed E-state index contributed by atoms with van der Waals surface area (Å²) in [5, 5.41) is 0. The Labute approximate surface area is 125 Å². The fraction of sp³-hybridized carbons (Fsp3) is 0.625. The van der Waals surface area contributed by atoms with E-state index in [1.807, 2.05) is 18.3 Å².